The minimum atomic E-state index is -1.40. The Hall–Kier alpha value is -4.19. The largest absolute Gasteiger partial charge is 0.489 e. The van der Waals surface area contributed by atoms with Gasteiger partial charge in [-0.1, -0.05) is 61.3 Å². The van der Waals surface area contributed by atoms with Crippen molar-refractivity contribution in [2.24, 2.45) is 22.9 Å². The molecule has 1 heterocycles. The Balaban J connectivity index is 1.76. The minimum Gasteiger partial charge on any atom is -0.489 e. The molecule has 2 aliphatic carbocycles. The number of hydrogen-bond acceptors (Lipinski definition) is 9. The van der Waals surface area contributed by atoms with Crippen LogP contribution in [0.15, 0.2) is 84.6 Å². The summed E-state index contributed by atoms with van der Waals surface area (Å²) in [6.07, 6.45) is 11.2. The highest BCUT2D eigenvalue weighted by Gasteiger charge is 2.65. The monoisotopic (exact) mass is 790 g/mol. The van der Waals surface area contributed by atoms with Crippen molar-refractivity contribution in [2.45, 2.75) is 115 Å². The first-order chi connectivity index (χ1) is 27.5. The van der Waals surface area contributed by atoms with Crippen LogP contribution in [0.4, 0.5) is 9.18 Å². The summed E-state index contributed by atoms with van der Waals surface area (Å²) in [5, 5.41) is 24.6. The van der Waals surface area contributed by atoms with Gasteiger partial charge >= 0.3 is 6.09 Å². The smallest absolute Gasteiger partial charge is 0.410 e. The van der Waals surface area contributed by atoms with Crippen molar-refractivity contribution in [3.05, 3.63) is 96.4 Å². The molecule has 0 radical (unpaired) electrons. The number of nitrogens with zero attached hydrogens (tertiary/aromatic N) is 2. The molecule has 0 aromatic heterocycles. The first-order valence-corrected chi connectivity index (χ1v) is 20.7. The van der Waals surface area contributed by atoms with Crippen LogP contribution >= 0.6 is 0 Å². The number of carbonyl (C=O) groups is 1. The van der Waals surface area contributed by atoms with Crippen LogP contribution < -0.4 is 9.47 Å². The van der Waals surface area contributed by atoms with Gasteiger partial charge in [-0.2, -0.15) is 0 Å². The average Bonchev–Trinajstić information content (AvgIpc) is 3.19. The quantitative estimate of drug-likeness (QED) is 0.0730. The summed E-state index contributed by atoms with van der Waals surface area (Å²) in [6, 6.07) is 11.6. The lowest BCUT2D eigenvalue weighted by atomic mass is 9.55. The minimum absolute atomic E-state index is 0.0443. The molecule has 57 heavy (non-hydrogen) atoms. The van der Waals surface area contributed by atoms with Gasteiger partial charge < -0.3 is 34.0 Å². The van der Waals surface area contributed by atoms with Crippen LogP contribution in [0.25, 0.3) is 0 Å². The van der Waals surface area contributed by atoms with Crippen molar-refractivity contribution in [1.82, 2.24) is 4.90 Å². The molecule has 3 aliphatic rings. The number of hydrogen-bond donors (Lipinski definition) is 2. The van der Waals surface area contributed by atoms with Crippen molar-refractivity contribution in [1.29, 1.82) is 0 Å². The summed E-state index contributed by atoms with van der Waals surface area (Å²) >= 11 is 0. The van der Waals surface area contributed by atoms with Gasteiger partial charge in [0, 0.05) is 43.2 Å². The molecule has 0 unspecified atom stereocenters. The average molecular weight is 791 g/mol. The van der Waals surface area contributed by atoms with Crippen molar-refractivity contribution in [3.63, 3.8) is 0 Å². The zero-order valence-corrected chi connectivity index (χ0v) is 34.3. The van der Waals surface area contributed by atoms with E-state index < -0.39 is 29.4 Å². The summed E-state index contributed by atoms with van der Waals surface area (Å²) in [5.74, 6) is -1.14. The Bertz CT molecular complexity index is 1720. The second-order valence-corrected chi connectivity index (χ2v) is 16.2. The fourth-order valence-electron chi connectivity index (χ4n) is 8.63. The zero-order chi connectivity index (χ0) is 41.0. The van der Waals surface area contributed by atoms with E-state index in [9.17, 15) is 19.4 Å². The fourth-order valence-corrected chi connectivity index (χ4v) is 8.63. The molecule has 1 aliphatic heterocycles. The molecule has 1 saturated carbocycles. The van der Waals surface area contributed by atoms with Gasteiger partial charge in [0.2, 0.25) is 5.79 Å². The number of unbranched alkanes of at least 4 members (excludes halogenated alkanes) is 2. The van der Waals surface area contributed by atoms with Gasteiger partial charge in [0.05, 0.1) is 24.8 Å². The maximum absolute atomic E-state index is 14.7. The Labute approximate surface area is 338 Å². The summed E-state index contributed by atoms with van der Waals surface area (Å²) in [7, 11) is 0. The van der Waals surface area contributed by atoms with E-state index in [1.165, 1.54) is 6.07 Å². The molecule has 2 N–H and O–H groups in total. The van der Waals surface area contributed by atoms with E-state index in [0.29, 0.717) is 55.0 Å². The van der Waals surface area contributed by atoms with E-state index in [4.69, 9.17) is 28.9 Å². The van der Waals surface area contributed by atoms with E-state index >= 15 is 0 Å². The van der Waals surface area contributed by atoms with Crippen LogP contribution in [-0.4, -0.2) is 77.3 Å². The lowest BCUT2D eigenvalue weighted by Crippen LogP contribution is -2.70. The maximum atomic E-state index is 14.7. The van der Waals surface area contributed by atoms with Gasteiger partial charge in [-0.3, -0.25) is 4.90 Å². The summed E-state index contributed by atoms with van der Waals surface area (Å²) in [5.41, 5.74) is 2.43. The van der Waals surface area contributed by atoms with Crippen LogP contribution in [0.3, 0.4) is 0 Å². The van der Waals surface area contributed by atoms with Gasteiger partial charge in [-0.15, -0.1) is 13.2 Å². The van der Waals surface area contributed by atoms with Crippen LogP contribution in [0, 0.1) is 23.6 Å². The van der Waals surface area contributed by atoms with Gasteiger partial charge in [0.25, 0.3) is 0 Å². The molecule has 0 saturated heterocycles. The number of ether oxygens (including phenoxy) is 4. The van der Waals surface area contributed by atoms with Gasteiger partial charge in [0.15, 0.2) is 0 Å². The first-order valence-electron chi connectivity index (χ1n) is 20.7. The number of benzene rings is 2. The molecule has 1 amide bonds. The van der Waals surface area contributed by atoms with Crippen molar-refractivity contribution in [2.75, 3.05) is 33.0 Å². The molecule has 5 rings (SSSR count). The molecule has 0 bridgehead atoms. The highest BCUT2D eigenvalue weighted by atomic mass is 19.1. The van der Waals surface area contributed by atoms with Crippen LogP contribution in [0.1, 0.15) is 103 Å². The van der Waals surface area contributed by atoms with E-state index in [2.05, 4.69) is 19.2 Å². The third-order valence-electron chi connectivity index (χ3n) is 11.0. The Kier molecular flexibility index (Phi) is 15.8. The van der Waals surface area contributed by atoms with Gasteiger partial charge in [-0.05, 0) is 101 Å². The number of amides is 1. The van der Waals surface area contributed by atoms with Crippen LogP contribution in [0.2, 0.25) is 0 Å². The standard InChI is InChI=1S/C46H63FN2O8/c1-7-10-27-53-44(52)49(23-8-2)41-30-39(48-57-45(4,5)6)36-28-32(17-13-15-24-50)35(19-14-16-25-51)42-37-29-34(54-31-33-18-11-12-20-38(33)47)21-22-40(37)56-46(41,43(36)42)55-26-9-3/h7,9,11-12,18,20-22,28-29,32,35,41-43,50-51H,1,3,8,10,13-17,19,23-27,30-31H2,2,4-6H3/t32-,35+,41-,42+,43+,46+/m0/s1. The lowest BCUT2D eigenvalue weighted by Gasteiger charge is -2.60. The number of rotatable bonds is 21. The van der Waals surface area contributed by atoms with E-state index in [-0.39, 0.29) is 63.0 Å². The second kappa shape index (κ2) is 20.5. The van der Waals surface area contributed by atoms with Crippen LogP contribution in [-0.2, 0) is 20.9 Å². The summed E-state index contributed by atoms with van der Waals surface area (Å²) in [4.78, 5) is 22.1. The summed E-state index contributed by atoms with van der Waals surface area (Å²) in [6.45, 7) is 16.6. The predicted molar refractivity (Wildman–Crippen MR) is 220 cm³/mol. The Morgan fingerprint density at radius 2 is 1.82 bits per heavy atom. The van der Waals surface area contributed by atoms with Crippen molar-refractivity contribution in [3.8, 4) is 11.5 Å². The highest BCUT2D eigenvalue weighted by molar-refractivity contribution is 6.03. The molecule has 6 atom stereocenters. The summed E-state index contributed by atoms with van der Waals surface area (Å²) < 4.78 is 41.1. The number of oxime groups is 1. The SMILES string of the molecule is C=CCCOC(=O)N(CCC)[C@H]1CC(=NOC(C)(C)C)C2=C[C@H](CCCCO)[C@@H](CCCCO)[C@@H]3c4cc(OCc5ccccc5F)ccc4O[C@@]1(OCC=C)[C@H]23. The number of aliphatic hydroxyl groups is 2. The van der Waals surface area contributed by atoms with Crippen LogP contribution in [0.5, 0.6) is 11.5 Å². The van der Waals surface area contributed by atoms with Gasteiger partial charge in [0.1, 0.15) is 35.6 Å². The number of halogens is 1. The van der Waals surface area contributed by atoms with Crippen molar-refractivity contribution < 1.29 is 43.2 Å². The maximum Gasteiger partial charge on any atom is 0.410 e. The third-order valence-corrected chi connectivity index (χ3v) is 11.0. The molecule has 1 fully saturated rings. The topological polar surface area (TPSA) is 119 Å². The number of allylic oxidation sites excluding steroid dienone is 1. The lowest BCUT2D eigenvalue weighted by molar-refractivity contribution is -0.255. The van der Waals surface area contributed by atoms with Crippen molar-refractivity contribution >= 4 is 11.8 Å². The Morgan fingerprint density at radius 1 is 1.07 bits per heavy atom. The molecular weight excluding hydrogens is 728 g/mol. The number of fused-ring (bicyclic) bond motifs is 2. The van der Waals surface area contributed by atoms with E-state index in [1.807, 2.05) is 45.9 Å². The highest BCUT2D eigenvalue weighted by Crippen LogP contribution is 2.62. The predicted octanol–water partition coefficient (Wildman–Crippen LogP) is 9.26. The molecule has 0 spiro atoms. The Morgan fingerprint density at radius 3 is 2.51 bits per heavy atom. The fraction of sp³-hybridized carbons (Fsp3) is 0.565. The second-order valence-electron chi connectivity index (χ2n) is 16.2. The molecule has 11 heteroatoms. The molecule has 10 nitrogen and oxygen atoms in total. The molecular formula is C46H63FN2O8. The van der Waals surface area contributed by atoms with E-state index in [1.54, 1.807) is 35.3 Å². The van der Waals surface area contributed by atoms with Gasteiger partial charge in [-0.25, -0.2) is 9.18 Å². The third kappa shape index (κ3) is 10.5. The normalized spacial score (nSPS) is 24.4. The number of aliphatic hydroxyl groups excluding tert-OH is 2. The number of carbonyl (C=O) groups excluding carboxylic acids is 1. The molecule has 2 aromatic rings. The first kappa shape index (κ1) is 43.9. The molecule has 2 aromatic carbocycles. The zero-order valence-electron chi connectivity index (χ0n) is 34.3. The molecule has 312 valence electrons. The van der Waals surface area contributed by atoms with E-state index in [0.717, 1.165) is 36.8 Å².